The molecule has 1 saturated carbocycles. The average molecular weight is 221 g/mol. The zero-order valence-corrected chi connectivity index (χ0v) is 6.76. The third-order valence-electron chi connectivity index (χ3n) is 1.60. The summed E-state index contributed by atoms with van der Waals surface area (Å²) in [5.74, 6) is 0.357. The van der Waals surface area contributed by atoms with E-state index in [2.05, 4.69) is 28.7 Å². The summed E-state index contributed by atoms with van der Waals surface area (Å²) in [5, 5.41) is 8.48. The van der Waals surface area contributed by atoms with Gasteiger partial charge in [0.2, 0.25) is 0 Å². The SMILES string of the molecule is N#CC1CCCC1I. The van der Waals surface area contributed by atoms with Crippen LogP contribution in [-0.2, 0) is 0 Å². The first-order valence-electron chi connectivity index (χ1n) is 2.88. The summed E-state index contributed by atoms with van der Waals surface area (Å²) in [6, 6.07) is 2.31. The predicted octanol–water partition coefficient (Wildman–Crippen LogP) is 2.11. The van der Waals surface area contributed by atoms with Gasteiger partial charge in [0.25, 0.3) is 0 Å². The van der Waals surface area contributed by atoms with Gasteiger partial charge in [-0.1, -0.05) is 29.0 Å². The normalized spacial score (nSPS) is 37.0. The van der Waals surface area contributed by atoms with E-state index in [0.29, 0.717) is 9.84 Å². The van der Waals surface area contributed by atoms with Crippen LogP contribution in [0.3, 0.4) is 0 Å². The molecule has 1 nitrogen and oxygen atoms in total. The molecule has 1 fully saturated rings. The molecule has 2 unspecified atom stereocenters. The summed E-state index contributed by atoms with van der Waals surface area (Å²) >= 11 is 2.37. The zero-order chi connectivity index (χ0) is 5.98. The zero-order valence-electron chi connectivity index (χ0n) is 4.60. The first-order chi connectivity index (χ1) is 3.84. The van der Waals surface area contributed by atoms with Crippen LogP contribution in [0.2, 0.25) is 0 Å². The van der Waals surface area contributed by atoms with Crippen molar-refractivity contribution in [1.29, 1.82) is 5.26 Å². The van der Waals surface area contributed by atoms with Gasteiger partial charge < -0.3 is 0 Å². The fourth-order valence-electron chi connectivity index (χ4n) is 1.06. The number of halogens is 1. The Hall–Kier alpha value is 0.220. The summed E-state index contributed by atoms with van der Waals surface area (Å²) in [6.07, 6.45) is 3.63. The fraction of sp³-hybridized carbons (Fsp3) is 0.833. The lowest BCUT2D eigenvalue weighted by molar-refractivity contribution is 0.729. The highest BCUT2D eigenvalue weighted by atomic mass is 127. The maximum atomic E-state index is 8.48. The summed E-state index contributed by atoms with van der Waals surface area (Å²) < 4.78 is 0.637. The second-order valence-electron chi connectivity index (χ2n) is 2.18. The van der Waals surface area contributed by atoms with Crippen molar-refractivity contribution >= 4 is 22.6 Å². The first-order valence-corrected chi connectivity index (χ1v) is 4.13. The van der Waals surface area contributed by atoms with Crippen LogP contribution in [0.5, 0.6) is 0 Å². The van der Waals surface area contributed by atoms with Crippen molar-refractivity contribution in [3.8, 4) is 6.07 Å². The smallest absolute Gasteiger partial charge is 0.0666 e. The minimum atomic E-state index is 0.357. The van der Waals surface area contributed by atoms with Gasteiger partial charge in [-0.15, -0.1) is 0 Å². The molecule has 0 radical (unpaired) electrons. The monoisotopic (exact) mass is 221 g/mol. The Morgan fingerprint density at radius 1 is 1.50 bits per heavy atom. The molecule has 0 N–H and O–H groups in total. The molecule has 0 aromatic heterocycles. The fourth-order valence-corrected chi connectivity index (χ4v) is 2.02. The quantitative estimate of drug-likeness (QED) is 0.454. The molecule has 0 bridgehead atoms. The van der Waals surface area contributed by atoms with E-state index in [1.807, 2.05) is 0 Å². The molecule has 2 atom stereocenters. The Morgan fingerprint density at radius 2 is 2.25 bits per heavy atom. The molecule has 8 heavy (non-hydrogen) atoms. The maximum Gasteiger partial charge on any atom is 0.0666 e. The number of hydrogen-bond acceptors (Lipinski definition) is 1. The predicted molar refractivity (Wildman–Crippen MR) is 40.8 cm³/mol. The molecule has 0 saturated heterocycles. The third kappa shape index (κ3) is 1.13. The summed E-state index contributed by atoms with van der Waals surface area (Å²) in [7, 11) is 0. The number of nitrogens with zero attached hydrogens (tertiary/aromatic N) is 1. The largest absolute Gasteiger partial charge is 0.198 e. The van der Waals surface area contributed by atoms with E-state index >= 15 is 0 Å². The van der Waals surface area contributed by atoms with Crippen molar-refractivity contribution in [1.82, 2.24) is 0 Å². The van der Waals surface area contributed by atoms with Crippen LogP contribution in [0.1, 0.15) is 19.3 Å². The van der Waals surface area contributed by atoms with Crippen LogP contribution in [0.25, 0.3) is 0 Å². The standard InChI is InChI=1S/C6H8IN/c7-6-3-1-2-5(6)4-8/h5-6H,1-3H2. The van der Waals surface area contributed by atoms with E-state index < -0.39 is 0 Å². The minimum absolute atomic E-state index is 0.357. The van der Waals surface area contributed by atoms with Gasteiger partial charge >= 0.3 is 0 Å². The molecular weight excluding hydrogens is 213 g/mol. The van der Waals surface area contributed by atoms with Crippen molar-refractivity contribution in [2.75, 3.05) is 0 Å². The molecule has 0 amide bonds. The maximum absolute atomic E-state index is 8.48. The third-order valence-corrected chi connectivity index (χ3v) is 3.09. The summed E-state index contributed by atoms with van der Waals surface area (Å²) in [4.78, 5) is 0. The summed E-state index contributed by atoms with van der Waals surface area (Å²) in [5.41, 5.74) is 0. The van der Waals surface area contributed by atoms with Gasteiger partial charge in [-0.25, -0.2) is 0 Å². The van der Waals surface area contributed by atoms with Gasteiger partial charge in [-0.2, -0.15) is 5.26 Å². The second kappa shape index (κ2) is 2.67. The average Bonchev–Trinajstić information content (AvgIpc) is 2.14. The van der Waals surface area contributed by atoms with Gasteiger partial charge in [0, 0.05) is 3.92 Å². The van der Waals surface area contributed by atoms with Gasteiger partial charge in [0.15, 0.2) is 0 Å². The van der Waals surface area contributed by atoms with Crippen molar-refractivity contribution in [2.45, 2.75) is 23.2 Å². The molecule has 1 aliphatic rings. The van der Waals surface area contributed by atoms with E-state index in [1.54, 1.807) is 0 Å². The molecule has 0 spiro atoms. The number of hydrogen-bond donors (Lipinski definition) is 0. The highest BCUT2D eigenvalue weighted by Crippen LogP contribution is 2.30. The molecular formula is C6H8IN. The molecule has 0 heterocycles. The number of nitriles is 1. The second-order valence-corrected chi connectivity index (χ2v) is 3.78. The van der Waals surface area contributed by atoms with Crippen LogP contribution in [0.4, 0.5) is 0 Å². The number of alkyl halides is 1. The van der Waals surface area contributed by atoms with E-state index in [0.717, 1.165) is 6.42 Å². The molecule has 44 valence electrons. The molecule has 2 heteroatoms. The Bertz CT molecular complexity index is 116. The highest BCUT2D eigenvalue weighted by Gasteiger charge is 2.23. The first kappa shape index (κ1) is 6.34. The van der Waals surface area contributed by atoms with Gasteiger partial charge in [0.05, 0.1) is 12.0 Å². The van der Waals surface area contributed by atoms with Gasteiger partial charge in [-0.3, -0.25) is 0 Å². The Kier molecular flexibility index (Phi) is 2.12. The van der Waals surface area contributed by atoms with E-state index in [4.69, 9.17) is 5.26 Å². The molecule has 0 aromatic rings. The topological polar surface area (TPSA) is 23.8 Å². The highest BCUT2D eigenvalue weighted by molar-refractivity contribution is 14.1. The van der Waals surface area contributed by atoms with Crippen molar-refractivity contribution in [3.05, 3.63) is 0 Å². The van der Waals surface area contributed by atoms with Gasteiger partial charge in [-0.05, 0) is 12.8 Å². The Labute approximate surface area is 63.2 Å². The lowest BCUT2D eigenvalue weighted by Gasteiger charge is -1.99. The Morgan fingerprint density at radius 3 is 2.50 bits per heavy atom. The lowest BCUT2D eigenvalue weighted by atomic mass is 10.1. The Balaban J connectivity index is 2.45. The van der Waals surface area contributed by atoms with Crippen molar-refractivity contribution in [3.63, 3.8) is 0 Å². The van der Waals surface area contributed by atoms with Gasteiger partial charge in [0.1, 0.15) is 0 Å². The van der Waals surface area contributed by atoms with E-state index in [-0.39, 0.29) is 0 Å². The van der Waals surface area contributed by atoms with Crippen LogP contribution >= 0.6 is 22.6 Å². The van der Waals surface area contributed by atoms with E-state index in [9.17, 15) is 0 Å². The van der Waals surface area contributed by atoms with Crippen molar-refractivity contribution in [2.24, 2.45) is 5.92 Å². The van der Waals surface area contributed by atoms with Crippen molar-refractivity contribution < 1.29 is 0 Å². The summed E-state index contributed by atoms with van der Waals surface area (Å²) in [6.45, 7) is 0. The molecule has 0 aromatic carbocycles. The number of rotatable bonds is 0. The minimum Gasteiger partial charge on any atom is -0.198 e. The van der Waals surface area contributed by atoms with Crippen LogP contribution < -0.4 is 0 Å². The molecule has 0 aliphatic heterocycles. The molecule has 1 aliphatic carbocycles. The lowest BCUT2D eigenvalue weighted by Crippen LogP contribution is -2.01. The van der Waals surface area contributed by atoms with Crippen LogP contribution in [-0.4, -0.2) is 3.92 Å². The van der Waals surface area contributed by atoms with Crippen LogP contribution in [0, 0.1) is 17.2 Å². The van der Waals surface area contributed by atoms with E-state index in [1.165, 1.54) is 12.8 Å². The van der Waals surface area contributed by atoms with Crippen LogP contribution in [0.15, 0.2) is 0 Å². The molecule has 1 rings (SSSR count).